The van der Waals surface area contributed by atoms with Gasteiger partial charge in [-0.1, -0.05) is 6.92 Å². The maximum absolute atomic E-state index is 5.22. The quantitative estimate of drug-likeness (QED) is 0.775. The van der Waals surface area contributed by atoms with E-state index in [9.17, 15) is 0 Å². The first-order valence-electron chi connectivity index (χ1n) is 5.84. The van der Waals surface area contributed by atoms with Crippen molar-refractivity contribution in [3.05, 3.63) is 11.9 Å². The van der Waals surface area contributed by atoms with Crippen molar-refractivity contribution in [2.45, 2.75) is 13.5 Å². The highest BCUT2D eigenvalue weighted by Gasteiger charge is 2.12. The lowest BCUT2D eigenvalue weighted by Gasteiger charge is -2.14. The maximum atomic E-state index is 5.22. The molecule has 0 aromatic carbocycles. The number of rotatable bonds is 8. The summed E-state index contributed by atoms with van der Waals surface area (Å²) in [7, 11) is 3.20. The summed E-state index contributed by atoms with van der Waals surface area (Å²) in [5.74, 6) is 2.90. The van der Waals surface area contributed by atoms with E-state index in [0.717, 1.165) is 17.9 Å². The lowest BCUT2D eigenvalue weighted by Crippen LogP contribution is -2.23. The van der Waals surface area contributed by atoms with Gasteiger partial charge in [-0.15, -0.1) is 0 Å². The zero-order chi connectivity index (χ0) is 13.4. The molecule has 0 bridgehead atoms. The molecule has 0 radical (unpaired) electrons. The zero-order valence-electron chi connectivity index (χ0n) is 11.4. The minimum absolute atomic E-state index is 0.562. The second-order valence-corrected chi connectivity index (χ2v) is 4.97. The number of hydrogen-bond donors (Lipinski definition) is 1. The van der Waals surface area contributed by atoms with Crippen molar-refractivity contribution >= 4 is 11.8 Å². The van der Waals surface area contributed by atoms with Crippen LogP contribution in [0.15, 0.2) is 6.33 Å². The molecule has 0 spiro atoms. The van der Waals surface area contributed by atoms with E-state index in [1.54, 1.807) is 14.2 Å². The van der Waals surface area contributed by atoms with Crippen molar-refractivity contribution in [1.82, 2.24) is 15.3 Å². The van der Waals surface area contributed by atoms with Gasteiger partial charge >= 0.3 is 0 Å². The van der Waals surface area contributed by atoms with Gasteiger partial charge in [-0.05, 0) is 24.5 Å². The Morgan fingerprint density at radius 1 is 1.28 bits per heavy atom. The van der Waals surface area contributed by atoms with Gasteiger partial charge in [-0.2, -0.15) is 11.8 Å². The summed E-state index contributed by atoms with van der Waals surface area (Å²) in [6, 6.07) is 0. The molecule has 0 saturated carbocycles. The van der Waals surface area contributed by atoms with E-state index in [0.29, 0.717) is 24.2 Å². The monoisotopic (exact) mass is 271 g/mol. The van der Waals surface area contributed by atoms with Crippen molar-refractivity contribution in [3.63, 3.8) is 0 Å². The molecule has 102 valence electrons. The van der Waals surface area contributed by atoms with Crippen LogP contribution in [0.3, 0.4) is 0 Å². The van der Waals surface area contributed by atoms with Gasteiger partial charge < -0.3 is 14.8 Å². The Morgan fingerprint density at radius 2 is 1.89 bits per heavy atom. The Balaban J connectivity index is 2.60. The highest BCUT2D eigenvalue weighted by Crippen LogP contribution is 2.22. The number of ether oxygens (including phenoxy) is 2. The van der Waals surface area contributed by atoms with Crippen LogP contribution in [0.25, 0.3) is 0 Å². The molecule has 0 saturated heterocycles. The Morgan fingerprint density at radius 3 is 2.39 bits per heavy atom. The fourth-order valence-electron chi connectivity index (χ4n) is 1.67. The molecular weight excluding hydrogens is 250 g/mol. The first-order chi connectivity index (χ1) is 8.72. The van der Waals surface area contributed by atoms with E-state index in [1.807, 2.05) is 11.8 Å². The van der Waals surface area contributed by atoms with Gasteiger partial charge in [0.1, 0.15) is 6.33 Å². The van der Waals surface area contributed by atoms with Crippen LogP contribution in [0.1, 0.15) is 12.5 Å². The van der Waals surface area contributed by atoms with Crippen LogP contribution in [0.4, 0.5) is 0 Å². The van der Waals surface area contributed by atoms with Crippen molar-refractivity contribution in [3.8, 4) is 11.8 Å². The second-order valence-electron chi connectivity index (χ2n) is 4.06. The number of hydrogen-bond acceptors (Lipinski definition) is 6. The first kappa shape index (κ1) is 15.0. The van der Waals surface area contributed by atoms with Crippen molar-refractivity contribution in [2.24, 2.45) is 5.92 Å². The lowest BCUT2D eigenvalue weighted by atomic mass is 10.2. The van der Waals surface area contributed by atoms with Gasteiger partial charge in [-0.3, -0.25) is 0 Å². The average Bonchev–Trinajstić information content (AvgIpc) is 2.39. The van der Waals surface area contributed by atoms with Gasteiger partial charge in [0.05, 0.1) is 19.8 Å². The van der Waals surface area contributed by atoms with E-state index < -0.39 is 0 Å². The van der Waals surface area contributed by atoms with Crippen LogP contribution in [0.2, 0.25) is 0 Å². The van der Waals surface area contributed by atoms with Gasteiger partial charge in [0.15, 0.2) is 0 Å². The summed E-state index contributed by atoms with van der Waals surface area (Å²) in [6.45, 7) is 3.81. The smallest absolute Gasteiger partial charge is 0.224 e. The van der Waals surface area contributed by atoms with Crippen LogP contribution < -0.4 is 14.8 Å². The first-order valence-corrected chi connectivity index (χ1v) is 7.23. The SMILES string of the molecule is COc1ncnc(OC)c1CNCC(C)CSC. The third-order valence-corrected chi connectivity index (χ3v) is 3.40. The molecule has 0 aliphatic heterocycles. The van der Waals surface area contributed by atoms with Gasteiger partial charge in [-0.25, -0.2) is 9.97 Å². The Labute approximate surface area is 113 Å². The van der Waals surface area contributed by atoms with Crippen LogP contribution >= 0.6 is 11.8 Å². The molecule has 1 unspecified atom stereocenters. The molecule has 18 heavy (non-hydrogen) atoms. The molecule has 6 heteroatoms. The van der Waals surface area contributed by atoms with Crippen LogP contribution in [0, 0.1) is 5.92 Å². The largest absolute Gasteiger partial charge is 0.481 e. The summed E-state index contributed by atoms with van der Waals surface area (Å²) in [5.41, 5.74) is 0.860. The van der Waals surface area contributed by atoms with E-state index >= 15 is 0 Å². The van der Waals surface area contributed by atoms with Gasteiger partial charge in [0.25, 0.3) is 0 Å². The highest BCUT2D eigenvalue weighted by atomic mass is 32.2. The summed E-state index contributed by atoms with van der Waals surface area (Å²) >= 11 is 1.86. The number of methoxy groups -OCH3 is 2. The summed E-state index contributed by atoms with van der Waals surface area (Å²) in [6.07, 6.45) is 3.56. The van der Waals surface area contributed by atoms with Crippen LogP contribution in [-0.4, -0.2) is 42.7 Å². The number of thioether (sulfide) groups is 1. The Bertz CT molecular complexity index is 341. The normalized spacial score (nSPS) is 12.2. The number of nitrogens with zero attached hydrogens (tertiary/aromatic N) is 2. The molecule has 1 atom stereocenters. The molecule has 5 nitrogen and oxygen atoms in total. The molecule has 1 aromatic heterocycles. The average molecular weight is 271 g/mol. The standard InChI is InChI=1S/C12H21N3O2S/c1-9(7-18-4)5-13-6-10-11(16-2)14-8-15-12(10)17-3/h8-9,13H,5-7H2,1-4H3. The molecule has 1 aromatic rings. The second kappa shape index (κ2) is 8.16. The lowest BCUT2D eigenvalue weighted by molar-refractivity contribution is 0.358. The molecule has 0 fully saturated rings. The summed E-state index contributed by atoms with van der Waals surface area (Å²) < 4.78 is 10.4. The predicted molar refractivity (Wildman–Crippen MR) is 74.4 cm³/mol. The van der Waals surface area contributed by atoms with Crippen molar-refractivity contribution < 1.29 is 9.47 Å². The van der Waals surface area contributed by atoms with E-state index in [2.05, 4.69) is 28.5 Å². The highest BCUT2D eigenvalue weighted by molar-refractivity contribution is 7.98. The van der Waals surface area contributed by atoms with Gasteiger partial charge in [0.2, 0.25) is 11.8 Å². The minimum atomic E-state index is 0.562. The third-order valence-electron chi connectivity index (χ3n) is 2.50. The molecule has 0 amide bonds. The molecule has 0 aliphatic rings. The molecule has 1 rings (SSSR count). The Hall–Kier alpha value is -1.01. The summed E-state index contributed by atoms with van der Waals surface area (Å²) in [5, 5.41) is 3.38. The minimum Gasteiger partial charge on any atom is -0.481 e. The molecule has 1 heterocycles. The molecule has 0 aliphatic carbocycles. The zero-order valence-corrected chi connectivity index (χ0v) is 12.2. The molecular formula is C12H21N3O2S. The van der Waals surface area contributed by atoms with E-state index in [4.69, 9.17) is 9.47 Å². The number of nitrogens with one attached hydrogen (secondary N) is 1. The van der Waals surface area contributed by atoms with Gasteiger partial charge in [0, 0.05) is 6.54 Å². The Kier molecular flexibility index (Phi) is 6.82. The van der Waals surface area contributed by atoms with Crippen molar-refractivity contribution in [1.29, 1.82) is 0 Å². The van der Waals surface area contributed by atoms with Crippen LogP contribution in [0.5, 0.6) is 11.8 Å². The third kappa shape index (κ3) is 4.34. The maximum Gasteiger partial charge on any atom is 0.224 e. The number of aromatic nitrogens is 2. The fourth-order valence-corrected chi connectivity index (χ4v) is 2.36. The summed E-state index contributed by atoms with van der Waals surface area (Å²) in [4.78, 5) is 8.16. The van der Waals surface area contributed by atoms with Crippen molar-refractivity contribution in [2.75, 3.05) is 32.8 Å². The fraction of sp³-hybridized carbons (Fsp3) is 0.667. The van der Waals surface area contributed by atoms with E-state index in [-0.39, 0.29) is 0 Å². The van der Waals surface area contributed by atoms with E-state index in [1.165, 1.54) is 6.33 Å². The molecule has 1 N–H and O–H groups in total. The topological polar surface area (TPSA) is 56.3 Å². The predicted octanol–water partition coefficient (Wildman–Crippen LogP) is 1.58. The van der Waals surface area contributed by atoms with Crippen LogP contribution in [-0.2, 0) is 6.54 Å².